The lowest BCUT2D eigenvalue weighted by Crippen LogP contribution is -2.49. The van der Waals surface area contributed by atoms with Gasteiger partial charge in [-0.25, -0.2) is 9.59 Å². The molecule has 1 aliphatic rings. The summed E-state index contributed by atoms with van der Waals surface area (Å²) in [5.74, 6) is 0. The van der Waals surface area contributed by atoms with Crippen molar-refractivity contribution in [1.29, 1.82) is 0 Å². The van der Waals surface area contributed by atoms with Crippen LogP contribution in [-0.2, 0) is 9.47 Å². The van der Waals surface area contributed by atoms with Gasteiger partial charge in [-0.05, 0) is 32.0 Å². The second-order valence-corrected chi connectivity index (χ2v) is 5.29. The third-order valence-electron chi connectivity index (χ3n) is 3.25. The Kier molecular flexibility index (Phi) is 5.21. The number of ether oxygens (including phenoxy) is 2. The van der Waals surface area contributed by atoms with Gasteiger partial charge in [-0.15, -0.1) is 0 Å². The highest BCUT2D eigenvalue weighted by Crippen LogP contribution is 2.17. The van der Waals surface area contributed by atoms with E-state index >= 15 is 0 Å². The van der Waals surface area contributed by atoms with E-state index in [1.54, 1.807) is 29.2 Å². The molecule has 1 heterocycles. The lowest BCUT2D eigenvalue weighted by atomic mass is 10.2. The number of nitrogens with zero attached hydrogens (tertiary/aromatic N) is 1. The van der Waals surface area contributed by atoms with Crippen LogP contribution in [0.1, 0.15) is 13.8 Å². The normalized spacial score (nSPS) is 21.1. The fourth-order valence-corrected chi connectivity index (χ4v) is 2.39. The topological polar surface area (TPSA) is 79.9 Å². The molecule has 2 atom stereocenters. The van der Waals surface area contributed by atoms with Crippen LogP contribution in [0.5, 0.6) is 0 Å². The number of morpholine rings is 1. The Labute approximate surface area is 129 Å². The van der Waals surface area contributed by atoms with Crippen molar-refractivity contribution in [3.63, 3.8) is 0 Å². The van der Waals surface area contributed by atoms with Gasteiger partial charge in [0.15, 0.2) is 0 Å². The van der Waals surface area contributed by atoms with E-state index in [1.165, 1.54) is 7.11 Å². The minimum Gasteiger partial charge on any atom is -0.453 e. The Morgan fingerprint density at radius 1 is 1.18 bits per heavy atom. The predicted molar refractivity (Wildman–Crippen MR) is 83.1 cm³/mol. The molecular formula is C15H21N3O4. The monoisotopic (exact) mass is 307 g/mol. The number of nitrogens with one attached hydrogen (secondary N) is 2. The minimum absolute atomic E-state index is 0.0156. The van der Waals surface area contributed by atoms with Crippen molar-refractivity contribution in [1.82, 2.24) is 4.90 Å². The highest BCUT2D eigenvalue weighted by Gasteiger charge is 2.25. The second-order valence-electron chi connectivity index (χ2n) is 5.29. The number of carbonyl (C=O) groups excluding carboxylic acids is 2. The molecule has 0 saturated carbocycles. The van der Waals surface area contributed by atoms with E-state index in [2.05, 4.69) is 15.4 Å². The maximum atomic E-state index is 12.3. The van der Waals surface area contributed by atoms with E-state index in [4.69, 9.17) is 4.74 Å². The molecule has 120 valence electrons. The smallest absolute Gasteiger partial charge is 0.411 e. The van der Waals surface area contributed by atoms with Crippen molar-refractivity contribution in [3.8, 4) is 0 Å². The number of rotatable bonds is 2. The zero-order chi connectivity index (χ0) is 16.1. The predicted octanol–water partition coefficient (Wildman–Crippen LogP) is 2.51. The van der Waals surface area contributed by atoms with E-state index in [1.807, 2.05) is 13.8 Å². The van der Waals surface area contributed by atoms with Crippen LogP contribution in [-0.4, -0.2) is 49.4 Å². The Morgan fingerprint density at radius 3 is 2.36 bits per heavy atom. The Balaban J connectivity index is 1.99. The third kappa shape index (κ3) is 4.36. The maximum absolute atomic E-state index is 12.3. The number of carbonyl (C=O) groups is 2. The van der Waals surface area contributed by atoms with E-state index in [0.29, 0.717) is 24.5 Å². The molecule has 1 aromatic rings. The molecule has 7 nitrogen and oxygen atoms in total. The van der Waals surface area contributed by atoms with Crippen LogP contribution in [0, 0.1) is 0 Å². The fraction of sp³-hybridized carbons (Fsp3) is 0.467. The van der Waals surface area contributed by atoms with Gasteiger partial charge in [0.25, 0.3) is 0 Å². The SMILES string of the molecule is COC(=O)Nc1cccc(NC(=O)N2C[C@@H](C)O[C@@H](C)C2)c1. The number of urea groups is 1. The molecule has 0 aromatic heterocycles. The molecule has 0 radical (unpaired) electrons. The Hall–Kier alpha value is -2.28. The summed E-state index contributed by atoms with van der Waals surface area (Å²) in [7, 11) is 1.29. The van der Waals surface area contributed by atoms with Crippen molar-refractivity contribution in [2.45, 2.75) is 26.1 Å². The van der Waals surface area contributed by atoms with Crippen LogP contribution in [0.3, 0.4) is 0 Å². The number of methoxy groups -OCH3 is 1. The molecule has 2 rings (SSSR count). The molecule has 0 aliphatic carbocycles. The maximum Gasteiger partial charge on any atom is 0.411 e. The van der Waals surface area contributed by atoms with Gasteiger partial charge in [-0.1, -0.05) is 6.07 Å². The molecule has 22 heavy (non-hydrogen) atoms. The molecule has 1 saturated heterocycles. The zero-order valence-electron chi connectivity index (χ0n) is 13.0. The number of amides is 3. The van der Waals surface area contributed by atoms with Crippen molar-refractivity contribution in [2.24, 2.45) is 0 Å². The first kappa shape index (κ1) is 16.1. The van der Waals surface area contributed by atoms with Gasteiger partial charge in [0.2, 0.25) is 0 Å². The largest absolute Gasteiger partial charge is 0.453 e. The molecule has 1 fully saturated rings. The summed E-state index contributed by atoms with van der Waals surface area (Å²) in [6.45, 7) is 4.99. The van der Waals surface area contributed by atoms with Crippen molar-refractivity contribution < 1.29 is 19.1 Å². The quantitative estimate of drug-likeness (QED) is 0.880. The molecule has 0 unspecified atom stereocenters. The molecule has 3 amide bonds. The fourth-order valence-electron chi connectivity index (χ4n) is 2.39. The average molecular weight is 307 g/mol. The van der Waals surface area contributed by atoms with Crippen molar-refractivity contribution in [2.75, 3.05) is 30.8 Å². The molecule has 1 aromatic carbocycles. The standard InChI is InChI=1S/C15H21N3O4/c1-10-8-18(9-11(2)22-10)14(19)16-12-5-4-6-13(7-12)17-15(20)21-3/h4-7,10-11H,8-9H2,1-3H3,(H,16,19)(H,17,20)/t10-,11+. The molecule has 0 bridgehead atoms. The molecule has 2 N–H and O–H groups in total. The summed E-state index contributed by atoms with van der Waals surface area (Å²) in [4.78, 5) is 25.2. The van der Waals surface area contributed by atoms with Gasteiger partial charge in [0, 0.05) is 24.5 Å². The first-order valence-corrected chi connectivity index (χ1v) is 7.14. The summed E-state index contributed by atoms with van der Waals surface area (Å²) in [6, 6.07) is 6.70. The van der Waals surface area contributed by atoms with Crippen molar-refractivity contribution in [3.05, 3.63) is 24.3 Å². The second kappa shape index (κ2) is 7.13. The Bertz CT molecular complexity index is 539. The van der Waals surface area contributed by atoms with E-state index < -0.39 is 6.09 Å². The van der Waals surface area contributed by atoms with Gasteiger partial charge >= 0.3 is 12.1 Å². The van der Waals surface area contributed by atoms with Crippen molar-refractivity contribution >= 4 is 23.5 Å². The van der Waals surface area contributed by atoms with Crippen LogP contribution >= 0.6 is 0 Å². The lowest BCUT2D eigenvalue weighted by Gasteiger charge is -2.35. The third-order valence-corrected chi connectivity index (χ3v) is 3.25. The van der Waals surface area contributed by atoms with Crippen LogP contribution in [0.4, 0.5) is 21.0 Å². The zero-order valence-corrected chi connectivity index (χ0v) is 13.0. The first-order valence-electron chi connectivity index (χ1n) is 7.14. The first-order chi connectivity index (χ1) is 10.5. The van der Waals surface area contributed by atoms with Gasteiger partial charge in [-0.2, -0.15) is 0 Å². The Morgan fingerprint density at radius 2 is 1.77 bits per heavy atom. The minimum atomic E-state index is -0.556. The summed E-state index contributed by atoms with van der Waals surface area (Å²) < 4.78 is 10.1. The van der Waals surface area contributed by atoms with E-state index in [9.17, 15) is 9.59 Å². The number of benzene rings is 1. The number of anilines is 2. The van der Waals surface area contributed by atoms with Gasteiger partial charge < -0.3 is 19.7 Å². The van der Waals surface area contributed by atoms with E-state index in [0.717, 1.165) is 0 Å². The van der Waals surface area contributed by atoms with Gasteiger partial charge in [0.05, 0.1) is 19.3 Å². The summed E-state index contributed by atoms with van der Waals surface area (Å²) in [5.41, 5.74) is 1.15. The average Bonchev–Trinajstić information content (AvgIpc) is 2.46. The van der Waals surface area contributed by atoms with E-state index in [-0.39, 0.29) is 18.2 Å². The summed E-state index contributed by atoms with van der Waals surface area (Å²) >= 11 is 0. The van der Waals surface area contributed by atoms with Crippen LogP contribution < -0.4 is 10.6 Å². The van der Waals surface area contributed by atoms with Gasteiger partial charge in [-0.3, -0.25) is 5.32 Å². The summed E-state index contributed by atoms with van der Waals surface area (Å²) in [5, 5.41) is 5.38. The van der Waals surface area contributed by atoms with Crippen LogP contribution in [0.15, 0.2) is 24.3 Å². The molecule has 7 heteroatoms. The number of hydrogen-bond acceptors (Lipinski definition) is 4. The van der Waals surface area contributed by atoms with Gasteiger partial charge in [0.1, 0.15) is 0 Å². The molecular weight excluding hydrogens is 286 g/mol. The number of hydrogen-bond donors (Lipinski definition) is 2. The highest BCUT2D eigenvalue weighted by molar-refractivity contribution is 5.91. The van der Waals surface area contributed by atoms with Crippen LogP contribution in [0.2, 0.25) is 0 Å². The molecule has 0 spiro atoms. The highest BCUT2D eigenvalue weighted by atomic mass is 16.5. The molecule has 1 aliphatic heterocycles. The summed E-state index contributed by atoms with van der Waals surface area (Å²) in [6.07, 6.45) is -0.525. The lowest BCUT2D eigenvalue weighted by molar-refractivity contribution is -0.0530. The van der Waals surface area contributed by atoms with Crippen LogP contribution in [0.25, 0.3) is 0 Å².